The molecular weight excluding hydrogens is 542 g/mol. The number of likely N-dealkylation sites (N-methyl/N-ethyl adjacent to an activating group) is 1. The van der Waals surface area contributed by atoms with Crippen molar-refractivity contribution in [3.8, 4) is 0 Å². The normalized spacial score (nSPS) is 19.1. The average molecular weight is 588 g/mol. The molecule has 3 aromatic carbocycles. The first kappa shape index (κ1) is 32.4. The Kier molecular flexibility index (Phi) is 12.3. The molecule has 2 amide bonds. The SMILES string of the molecule is CC(=O)NCCCCCC(=O)Nc1ccc([C@H]2O[C@@H](CN(C)[C@@H](C)c3ccccc3)C[C@@H](c3ccc(CO)cc3)O2)cc1. The zero-order valence-corrected chi connectivity index (χ0v) is 25.5. The maximum Gasteiger partial charge on any atom is 0.224 e. The van der Waals surface area contributed by atoms with E-state index >= 15 is 0 Å². The minimum Gasteiger partial charge on any atom is -0.392 e. The van der Waals surface area contributed by atoms with E-state index in [9.17, 15) is 14.7 Å². The second kappa shape index (κ2) is 16.3. The van der Waals surface area contributed by atoms with Gasteiger partial charge in [-0.3, -0.25) is 14.5 Å². The molecule has 8 heteroatoms. The minimum absolute atomic E-state index is 0.00379. The van der Waals surface area contributed by atoms with Gasteiger partial charge >= 0.3 is 0 Å². The number of amides is 2. The molecule has 1 aliphatic heterocycles. The summed E-state index contributed by atoms with van der Waals surface area (Å²) in [6, 6.07) is 26.2. The number of unbranched alkanes of at least 4 members (excludes halogenated alkanes) is 2. The van der Waals surface area contributed by atoms with E-state index in [1.54, 1.807) is 0 Å². The fourth-order valence-electron chi connectivity index (χ4n) is 5.30. The Hall–Kier alpha value is -3.56. The van der Waals surface area contributed by atoms with E-state index in [4.69, 9.17) is 9.47 Å². The van der Waals surface area contributed by atoms with Crippen LogP contribution in [-0.2, 0) is 25.7 Å². The zero-order valence-electron chi connectivity index (χ0n) is 25.5. The van der Waals surface area contributed by atoms with Crippen LogP contribution in [0.15, 0.2) is 78.9 Å². The van der Waals surface area contributed by atoms with Gasteiger partial charge in [0, 0.05) is 50.1 Å². The fourth-order valence-corrected chi connectivity index (χ4v) is 5.30. The predicted molar refractivity (Wildman–Crippen MR) is 168 cm³/mol. The molecule has 1 aliphatic rings. The van der Waals surface area contributed by atoms with Gasteiger partial charge in [0.05, 0.1) is 18.8 Å². The summed E-state index contributed by atoms with van der Waals surface area (Å²) in [5.41, 5.74) is 4.79. The van der Waals surface area contributed by atoms with E-state index in [-0.39, 0.29) is 36.7 Å². The lowest BCUT2D eigenvalue weighted by Gasteiger charge is -2.39. The first-order chi connectivity index (χ1) is 20.8. The van der Waals surface area contributed by atoms with Crippen LogP contribution in [0.3, 0.4) is 0 Å². The van der Waals surface area contributed by atoms with Crippen LogP contribution >= 0.6 is 0 Å². The number of carbonyl (C=O) groups is 2. The number of rotatable bonds is 14. The Morgan fingerprint density at radius 2 is 1.63 bits per heavy atom. The van der Waals surface area contributed by atoms with Crippen LogP contribution in [-0.4, -0.2) is 48.1 Å². The number of benzene rings is 3. The summed E-state index contributed by atoms with van der Waals surface area (Å²) >= 11 is 0. The van der Waals surface area contributed by atoms with Gasteiger partial charge in [-0.05, 0) is 55.6 Å². The zero-order chi connectivity index (χ0) is 30.6. The molecular formula is C35H45N3O5. The molecule has 3 aromatic rings. The molecule has 0 spiro atoms. The number of ether oxygens (including phenoxy) is 2. The molecule has 4 atom stereocenters. The van der Waals surface area contributed by atoms with Gasteiger partial charge in [-0.2, -0.15) is 0 Å². The Labute approximate surface area is 255 Å². The number of nitrogens with one attached hydrogen (secondary N) is 2. The van der Waals surface area contributed by atoms with Crippen molar-refractivity contribution in [1.29, 1.82) is 0 Å². The smallest absolute Gasteiger partial charge is 0.224 e. The summed E-state index contributed by atoms with van der Waals surface area (Å²) in [7, 11) is 2.12. The van der Waals surface area contributed by atoms with Gasteiger partial charge in [-0.1, -0.05) is 73.2 Å². The van der Waals surface area contributed by atoms with Gasteiger partial charge in [0.1, 0.15) is 0 Å². The van der Waals surface area contributed by atoms with Gasteiger partial charge in [-0.15, -0.1) is 0 Å². The van der Waals surface area contributed by atoms with Crippen molar-refractivity contribution in [2.45, 2.75) is 77.1 Å². The van der Waals surface area contributed by atoms with Crippen LogP contribution in [0.25, 0.3) is 0 Å². The van der Waals surface area contributed by atoms with Crippen LogP contribution < -0.4 is 10.6 Å². The molecule has 43 heavy (non-hydrogen) atoms. The lowest BCUT2D eigenvalue weighted by atomic mass is 9.99. The highest BCUT2D eigenvalue weighted by Gasteiger charge is 2.33. The third-order valence-electron chi connectivity index (χ3n) is 7.97. The molecule has 0 radical (unpaired) electrons. The molecule has 4 rings (SSSR count). The molecule has 0 unspecified atom stereocenters. The highest BCUT2D eigenvalue weighted by Crippen LogP contribution is 2.39. The number of nitrogens with zero attached hydrogens (tertiary/aromatic N) is 1. The molecule has 0 saturated carbocycles. The maximum absolute atomic E-state index is 12.4. The summed E-state index contributed by atoms with van der Waals surface area (Å²) in [4.78, 5) is 25.7. The predicted octanol–water partition coefficient (Wildman–Crippen LogP) is 6.05. The quantitative estimate of drug-likeness (QED) is 0.199. The number of hydrogen-bond donors (Lipinski definition) is 3. The monoisotopic (exact) mass is 587 g/mol. The molecule has 0 aromatic heterocycles. The molecule has 1 heterocycles. The highest BCUT2D eigenvalue weighted by atomic mass is 16.7. The molecule has 0 aliphatic carbocycles. The van der Waals surface area contributed by atoms with Crippen molar-refractivity contribution in [1.82, 2.24) is 10.2 Å². The largest absolute Gasteiger partial charge is 0.392 e. The third kappa shape index (κ3) is 10.0. The summed E-state index contributed by atoms with van der Waals surface area (Å²) in [5, 5.41) is 15.2. The second-order valence-electron chi connectivity index (χ2n) is 11.3. The van der Waals surface area contributed by atoms with Crippen molar-refractivity contribution in [2.24, 2.45) is 0 Å². The van der Waals surface area contributed by atoms with Crippen LogP contribution in [0.1, 0.15) is 86.6 Å². The average Bonchev–Trinajstić information content (AvgIpc) is 3.03. The number of aliphatic hydroxyl groups is 1. The van der Waals surface area contributed by atoms with E-state index in [2.05, 4.69) is 53.8 Å². The molecule has 1 saturated heterocycles. The van der Waals surface area contributed by atoms with E-state index < -0.39 is 6.29 Å². The van der Waals surface area contributed by atoms with Crippen LogP contribution in [0.4, 0.5) is 5.69 Å². The van der Waals surface area contributed by atoms with Gasteiger partial charge in [0.25, 0.3) is 0 Å². The topological polar surface area (TPSA) is 100 Å². The number of hydrogen-bond acceptors (Lipinski definition) is 6. The van der Waals surface area contributed by atoms with E-state index in [1.165, 1.54) is 12.5 Å². The second-order valence-corrected chi connectivity index (χ2v) is 11.3. The summed E-state index contributed by atoms with van der Waals surface area (Å²) in [6.45, 7) is 5.09. The molecule has 1 fully saturated rings. The molecule has 230 valence electrons. The maximum atomic E-state index is 12.4. The van der Waals surface area contributed by atoms with Crippen molar-refractivity contribution in [3.63, 3.8) is 0 Å². The Balaban J connectivity index is 1.39. The van der Waals surface area contributed by atoms with Crippen LogP contribution in [0.5, 0.6) is 0 Å². The van der Waals surface area contributed by atoms with Gasteiger partial charge < -0.3 is 25.2 Å². The Morgan fingerprint density at radius 3 is 2.30 bits per heavy atom. The number of aliphatic hydroxyl groups excluding tert-OH is 1. The van der Waals surface area contributed by atoms with E-state index in [1.807, 2.05) is 54.6 Å². The molecule has 3 N–H and O–H groups in total. The van der Waals surface area contributed by atoms with Crippen LogP contribution in [0.2, 0.25) is 0 Å². The number of anilines is 1. The van der Waals surface area contributed by atoms with E-state index in [0.29, 0.717) is 19.4 Å². The highest BCUT2D eigenvalue weighted by molar-refractivity contribution is 5.90. The Morgan fingerprint density at radius 1 is 0.930 bits per heavy atom. The fraction of sp³-hybridized carbons (Fsp3) is 0.429. The lowest BCUT2D eigenvalue weighted by Crippen LogP contribution is -2.38. The summed E-state index contributed by atoms with van der Waals surface area (Å²) in [5.74, 6) is -0.0579. The van der Waals surface area contributed by atoms with Crippen LogP contribution in [0, 0.1) is 0 Å². The number of carbonyl (C=O) groups excluding carboxylic acids is 2. The van der Waals surface area contributed by atoms with Crippen molar-refractivity contribution < 1.29 is 24.2 Å². The lowest BCUT2D eigenvalue weighted by molar-refractivity contribution is -0.253. The van der Waals surface area contributed by atoms with E-state index in [0.717, 1.165) is 48.2 Å². The van der Waals surface area contributed by atoms with Gasteiger partial charge in [0.15, 0.2) is 6.29 Å². The Bertz CT molecular complexity index is 1280. The minimum atomic E-state index is -0.560. The van der Waals surface area contributed by atoms with Crippen molar-refractivity contribution >= 4 is 17.5 Å². The summed E-state index contributed by atoms with van der Waals surface area (Å²) < 4.78 is 13.0. The third-order valence-corrected chi connectivity index (χ3v) is 7.97. The van der Waals surface area contributed by atoms with Gasteiger partial charge in [-0.25, -0.2) is 0 Å². The van der Waals surface area contributed by atoms with Gasteiger partial charge in [0.2, 0.25) is 11.8 Å². The molecule has 8 nitrogen and oxygen atoms in total. The summed E-state index contributed by atoms with van der Waals surface area (Å²) in [6.07, 6.45) is 2.86. The molecule has 0 bridgehead atoms. The standard InChI is InChI=1S/C35H45N3O5/c1-25(28-10-6-4-7-11-28)38(3)23-32-22-33(29-15-13-27(24-39)14-16-29)43-35(42-32)30-17-19-31(20-18-30)37-34(41)12-8-5-9-21-36-26(2)40/h4,6-7,10-11,13-20,25,32-33,35,39H,5,8-9,12,21-24H2,1-3H3,(H,36,40)(H,37,41)/t25-,32+,33-,35-/m0/s1. The van der Waals surface area contributed by atoms with Crippen molar-refractivity contribution in [3.05, 3.63) is 101 Å². The first-order valence-corrected chi connectivity index (χ1v) is 15.2. The first-order valence-electron chi connectivity index (χ1n) is 15.2. The van der Waals surface area contributed by atoms with Crippen molar-refractivity contribution in [2.75, 3.05) is 25.5 Å².